The zero-order valence-electron chi connectivity index (χ0n) is 23.5. The molecule has 1 atom stereocenters. The molecular weight excluding hydrogens is 530 g/mol. The molecule has 0 aliphatic rings. The van der Waals surface area contributed by atoms with Crippen molar-refractivity contribution in [2.45, 2.75) is 38.3 Å². The molecule has 3 aromatic carbocycles. The maximum absolute atomic E-state index is 14.0. The summed E-state index contributed by atoms with van der Waals surface area (Å²) in [4.78, 5) is 28.5. The van der Waals surface area contributed by atoms with Crippen LogP contribution >= 0.6 is 0 Å². The molecule has 1 N–H and O–H groups in total. The first-order valence-corrected chi connectivity index (χ1v) is 14.4. The van der Waals surface area contributed by atoms with Gasteiger partial charge in [-0.2, -0.15) is 0 Å². The van der Waals surface area contributed by atoms with Crippen LogP contribution < -0.4 is 19.1 Å². The van der Waals surface area contributed by atoms with E-state index in [2.05, 4.69) is 5.32 Å². The fraction of sp³-hybridized carbons (Fsp3) is 0.333. The van der Waals surface area contributed by atoms with Crippen molar-refractivity contribution in [2.24, 2.45) is 5.92 Å². The molecular formula is C30H37N3O6S. The van der Waals surface area contributed by atoms with Crippen LogP contribution in [0.15, 0.2) is 83.8 Å². The molecule has 0 aliphatic carbocycles. The molecule has 40 heavy (non-hydrogen) atoms. The number of nitrogens with zero attached hydrogens (tertiary/aromatic N) is 2. The molecule has 0 aliphatic heterocycles. The van der Waals surface area contributed by atoms with Crippen molar-refractivity contribution in [3.05, 3.63) is 84.4 Å². The molecule has 9 nitrogen and oxygen atoms in total. The molecule has 3 rings (SSSR count). The van der Waals surface area contributed by atoms with E-state index in [1.807, 2.05) is 44.2 Å². The SMILES string of the molecule is COc1ccc(OC)c(N(CC(=O)N(Cc2ccccc2)C(C)C(=O)NCC(C)C)S(=O)(=O)c2ccccc2)c1. The first-order chi connectivity index (χ1) is 19.1. The van der Waals surface area contributed by atoms with Crippen molar-refractivity contribution >= 4 is 27.5 Å². The Morgan fingerprint density at radius 3 is 2.08 bits per heavy atom. The summed E-state index contributed by atoms with van der Waals surface area (Å²) in [7, 11) is -1.35. The highest BCUT2D eigenvalue weighted by molar-refractivity contribution is 7.92. The van der Waals surface area contributed by atoms with Gasteiger partial charge in [0.1, 0.15) is 24.1 Å². The van der Waals surface area contributed by atoms with Crippen LogP contribution in [0.5, 0.6) is 11.5 Å². The van der Waals surface area contributed by atoms with Crippen LogP contribution in [-0.4, -0.2) is 58.5 Å². The number of amides is 2. The van der Waals surface area contributed by atoms with Gasteiger partial charge in [-0.1, -0.05) is 62.4 Å². The summed E-state index contributed by atoms with van der Waals surface area (Å²) in [5.74, 6) is -0.0270. The second-order valence-corrected chi connectivity index (χ2v) is 11.5. The first-order valence-electron chi connectivity index (χ1n) is 13.0. The summed E-state index contributed by atoms with van der Waals surface area (Å²) < 4.78 is 39.8. The number of carbonyl (C=O) groups excluding carboxylic acids is 2. The smallest absolute Gasteiger partial charge is 0.264 e. The average Bonchev–Trinajstić information content (AvgIpc) is 2.97. The van der Waals surface area contributed by atoms with E-state index >= 15 is 0 Å². The van der Waals surface area contributed by atoms with E-state index in [9.17, 15) is 18.0 Å². The fourth-order valence-corrected chi connectivity index (χ4v) is 5.48. The van der Waals surface area contributed by atoms with E-state index < -0.39 is 28.5 Å². The summed E-state index contributed by atoms with van der Waals surface area (Å²) in [6, 6.07) is 21.0. The highest BCUT2D eigenvalue weighted by Gasteiger charge is 2.34. The van der Waals surface area contributed by atoms with Crippen LogP contribution in [0.2, 0.25) is 0 Å². The summed E-state index contributed by atoms with van der Waals surface area (Å²) in [5, 5.41) is 2.88. The number of anilines is 1. The van der Waals surface area contributed by atoms with Gasteiger partial charge in [0.2, 0.25) is 11.8 Å². The van der Waals surface area contributed by atoms with E-state index in [-0.39, 0.29) is 34.7 Å². The number of hydrogen-bond acceptors (Lipinski definition) is 6. The third-order valence-electron chi connectivity index (χ3n) is 6.31. The number of methoxy groups -OCH3 is 2. The molecule has 0 saturated heterocycles. The molecule has 0 saturated carbocycles. The van der Waals surface area contributed by atoms with Crippen LogP contribution in [0.3, 0.4) is 0 Å². The fourth-order valence-electron chi connectivity index (χ4n) is 4.04. The van der Waals surface area contributed by atoms with E-state index in [1.165, 1.54) is 37.3 Å². The number of carbonyl (C=O) groups is 2. The van der Waals surface area contributed by atoms with E-state index in [4.69, 9.17) is 9.47 Å². The van der Waals surface area contributed by atoms with Gasteiger partial charge in [-0.3, -0.25) is 13.9 Å². The average molecular weight is 568 g/mol. The molecule has 0 bridgehead atoms. The standard InChI is InChI=1S/C30H37N3O6S/c1-22(2)19-31-30(35)23(3)32(20-24-12-8-6-9-13-24)29(34)21-33(40(36,37)26-14-10-7-11-15-26)27-18-25(38-4)16-17-28(27)39-5/h6-18,22-23H,19-21H2,1-5H3,(H,31,35). The Balaban J connectivity index is 2.08. The molecule has 1 unspecified atom stereocenters. The molecule has 214 valence electrons. The zero-order chi connectivity index (χ0) is 29.3. The molecule has 0 radical (unpaired) electrons. The second kappa shape index (κ2) is 13.8. The molecule has 0 spiro atoms. The lowest BCUT2D eigenvalue weighted by Gasteiger charge is -2.32. The highest BCUT2D eigenvalue weighted by Crippen LogP contribution is 2.36. The number of rotatable bonds is 13. The van der Waals surface area contributed by atoms with Crippen LogP contribution in [0.1, 0.15) is 26.3 Å². The van der Waals surface area contributed by atoms with Crippen LogP contribution in [0, 0.1) is 5.92 Å². The summed E-state index contributed by atoms with van der Waals surface area (Å²) >= 11 is 0. The topological polar surface area (TPSA) is 105 Å². The third-order valence-corrected chi connectivity index (χ3v) is 8.09. The molecule has 0 fully saturated rings. The Kier molecular flexibility index (Phi) is 10.6. The van der Waals surface area contributed by atoms with Crippen molar-refractivity contribution in [3.63, 3.8) is 0 Å². The minimum Gasteiger partial charge on any atom is -0.497 e. The van der Waals surface area contributed by atoms with Crippen LogP contribution in [0.25, 0.3) is 0 Å². The Labute approximate surface area is 236 Å². The monoisotopic (exact) mass is 567 g/mol. The predicted molar refractivity (Wildman–Crippen MR) is 155 cm³/mol. The summed E-state index contributed by atoms with van der Waals surface area (Å²) in [6.07, 6.45) is 0. The maximum Gasteiger partial charge on any atom is 0.264 e. The van der Waals surface area contributed by atoms with Crippen LogP contribution in [0.4, 0.5) is 5.69 Å². The normalized spacial score (nSPS) is 11.9. The molecule has 0 aromatic heterocycles. The van der Waals surface area contributed by atoms with Gasteiger partial charge < -0.3 is 19.7 Å². The third kappa shape index (κ3) is 7.53. The summed E-state index contributed by atoms with van der Waals surface area (Å²) in [6.45, 7) is 5.59. The number of sulfonamides is 1. The van der Waals surface area contributed by atoms with Gasteiger partial charge in [0.25, 0.3) is 10.0 Å². The van der Waals surface area contributed by atoms with Gasteiger partial charge in [-0.05, 0) is 42.7 Å². The second-order valence-electron chi connectivity index (χ2n) is 9.68. The van der Waals surface area contributed by atoms with Crippen molar-refractivity contribution in [2.75, 3.05) is 31.6 Å². The van der Waals surface area contributed by atoms with Gasteiger partial charge in [0, 0.05) is 19.2 Å². The van der Waals surface area contributed by atoms with Crippen molar-refractivity contribution in [1.29, 1.82) is 0 Å². The zero-order valence-corrected chi connectivity index (χ0v) is 24.4. The highest BCUT2D eigenvalue weighted by atomic mass is 32.2. The van der Waals surface area contributed by atoms with Crippen molar-refractivity contribution in [1.82, 2.24) is 10.2 Å². The van der Waals surface area contributed by atoms with E-state index in [0.29, 0.717) is 12.3 Å². The molecule has 0 heterocycles. The van der Waals surface area contributed by atoms with Crippen molar-refractivity contribution in [3.8, 4) is 11.5 Å². The van der Waals surface area contributed by atoms with E-state index in [1.54, 1.807) is 37.3 Å². The lowest BCUT2D eigenvalue weighted by molar-refractivity contribution is -0.139. The van der Waals surface area contributed by atoms with Gasteiger partial charge in [-0.15, -0.1) is 0 Å². The lowest BCUT2D eigenvalue weighted by atomic mass is 10.1. The number of hydrogen-bond donors (Lipinski definition) is 1. The minimum absolute atomic E-state index is 0.00464. The summed E-state index contributed by atoms with van der Waals surface area (Å²) in [5.41, 5.74) is 0.936. The van der Waals surface area contributed by atoms with Gasteiger partial charge in [-0.25, -0.2) is 8.42 Å². The minimum atomic E-state index is -4.23. The quantitative estimate of drug-likeness (QED) is 0.334. The lowest BCUT2D eigenvalue weighted by Crippen LogP contribution is -2.51. The Morgan fingerprint density at radius 1 is 0.875 bits per heavy atom. The molecule has 10 heteroatoms. The van der Waals surface area contributed by atoms with Gasteiger partial charge >= 0.3 is 0 Å². The number of nitrogens with one attached hydrogen (secondary N) is 1. The Hall–Kier alpha value is -4.05. The Morgan fingerprint density at radius 2 is 1.50 bits per heavy atom. The maximum atomic E-state index is 14.0. The van der Waals surface area contributed by atoms with Crippen molar-refractivity contribution < 1.29 is 27.5 Å². The Bertz CT molecular complexity index is 1380. The predicted octanol–water partition coefficient (Wildman–Crippen LogP) is 4.09. The largest absolute Gasteiger partial charge is 0.497 e. The molecule has 2 amide bonds. The first kappa shape index (κ1) is 30.5. The number of ether oxygens (including phenoxy) is 2. The molecule has 3 aromatic rings. The van der Waals surface area contributed by atoms with Gasteiger partial charge in [0.15, 0.2) is 0 Å². The number of benzene rings is 3. The van der Waals surface area contributed by atoms with Crippen LogP contribution in [-0.2, 0) is 26.2 Å². The van der Waals surface area contributed by atoms with Gasteiger partial charge in [0.05, 0.1) is 24.8 Å². The van der Waals surface area contributed by atoms with E-state index in [0.717, 1.165) is 9.87 Å².